The number of hydrazine groups is 1. The largest absolute Gasteiger partial charge is 0.365 e. The molecule has 1 aromatic rings. The van der Waals surface area contributed by atoms with Gasteiger partial charge in [0.1, 0.15) is 6.26 Å². The highest BCUT2D eigenvalue weighted by Crippen LogP contribution is 2.25. The van der Waals surface area contributed by atoms with Crippen molar-refractivity contribution in [3.63, 3.8) is 0 Å². The van der Waals surface area contributed by atoms with Crippen LogP contribution in [-0.4, -0.2) is 23.3 Å². The average Bonchev–Trinajstić information content (AvgIpc) is 2.58. The van der Waals surface area contributed by atoms with Crippen molar-refractivity contribution in [2.75, 3.05) is 13.1 Å². The first-order valence-electron chi connectivity index (χ1n) is 4.26. The number of rotatable bonds is 1. The molecule has 66 valence electrons. The monoisotopic (exact) mass is 167 g/mol. The van der Waals surface area contributed by atoms with Crippen LogP contribution in [0.3, 0.4) is 0 Å². The molecule has 0 saturated carbocycles. The van der Waals surface area contributed by atoms with E-state index in [1.165, 1.54) is 0 Å². The summed E-state index contributed by atoms with van der Waals surface area (Å²) in [6.07, 6.45) is 3.80. The molecule has 4 heteroatoms. The van der Waals surface area contributed by atoms with Crippen LogP contribution in [0.1, 0.15) is 24.5 Å². The second-order valence-electron chi connectivity index (χ2n) is 3.23. The number of aromatic nitrogens is 1. The predicted molar refractivity (Wildman–Crippen MR) is 44.2 cm³/mol. The van der Waals surface area contributed by atoms with Crippen molar-refractivity contribution < 1.29 is 4.52 Å². The first-order valence-corrected chi connectivity index (χ1v) is 4.26. The fourth-order valence-corrected chi connectivity index (χ4v) is 1.63. The molecule has 2 rings (SSSR count). The highest BCUT2D eigenvalue weighted by Gasteiger charge is 2.20. The zero-order chi connectivity index (χ0) is 8.39. The summed E-state index contributed by atoms with van der Waals surface area (Å²) in [6, 6.07) is 1.94. The van der Waals surface area contributed by atoms with Gasteiger partial charge in [0.05, 0.1) is 5.69 Å². The van der Waals surface area contributed by atoms with E-state index in [0.29, 0.717) is 5.92 Å². The van der Waals surface area contributed by atoms with Crippen molar-refractivity contribution in [3.05, 3.63) is 18.0 Å². The van der Waals surface area contributed by atoms with Crippen LogP contribution in [0.15, 0.2) is 16.9 Å². The third-order valence-corrected chi connectivity index (χ3v) is 2.41. The van der Waals surface area contributed by atoms with Gasteiger partial charge >= 0.3 is 0 Å². The topological polar surface area (TPSA) is 55.3 Å². The highest BCUT2D eigenvalue weighted by atomic mass is 16.5. The Morgan fingerprint density at radius 2 is 2.25 bits per heavy atom. The first kappa shape index (κ1) is 7.76. The Hall–Kier alpha value is -0.870. The van der Waals surface area contributed by atoms with Crippen molar-refractivity contribution in [1.29, 1.82) is 0 Å². The van der Waals surface area contributed by atoms with Gasteiger partial charge in [-0.1, -0.05) is 5.16 Å². The van der Waals surface area contributed by atoms with Crippen molar-refractivity contribution in [1.82, 2.24) is 10.2 Å². The minimum absolute atomic E-state index is 0.545. The van der Waals surface area contributed by atoms with E-state index in [0.717, 1.165) is 31.6 Å². The maximum absolute atomic E-state index is 5.64. The van der Waals surface area contributed by atoms with Gasteiger partial charge in [-0.05, 0) is 12.8 Å². The molecule has 1 aliphatic heterocycles. The van der Waals surface area contributed by atoms with Crippen LogP contribution in [0, 0.1) is 0 Å². The van der Waals surface area contributed by atoms with Crippen LogP contribution in [-0.2, 0) is 0 Å². The number of hydrogen-bond donors (Lipinski definition) is 1. The molecule has 12 heavy (non-hydrogen) atoms. The molecular formula is C8H13N3O. The van der Waals surface area contributed by atoms with Crippen molar-refractivity contribution >= 4 is 0 Å². The molecule has 2 N–H and O–H groups in total. The molecule has 0 aliphatic carbocycles. The minimum atomic E-state index is 0.545. The van der Waals surface area contributed by atoms with Crippen LogP contribution >= 0.6 is 0 Å². The molecule has 2 heterocycles. The summed E-state index contributed by atoms with van der Waals surface area (Å²) in [5.41, 5.74) is 1.07. The zero-order valence-electron chi connectivity index (χ0n) is 6.94. The molecule has 1 fully saturated rings. The van der Waals surface area contributed by atoms with Crippen LogP contribution in [0.5, 0.6) is 0 Å². The van der Waals surface area contributed by atoms with E-state index < -0.39 is 0 Å². The summed E-state index contributed by atoms with van der Waals surface area (Å²) in [7, 11) is 0. The minimum Gasteiger partial charge on any atom is -0.365 e. The van der Waals surface area contributed by atoms with Gasteiger partial charge in [-0.15, -0.1) is 0 Å². The normalized spacial score (nSPS) is 21.4. The average molecular weight is 167 g/mol. The third-order valence-electron chi connectivity index (χ3n) is 2.41. The van der Waals surface area contributed by atoms with E-state index in [1.807, 2.05) is 11.1 Å². The van der Waals surface area contributed by atoms with Crippen LogP contribution < -0.4 is 5.84 Å². The van der Waals surface area contributed by atoms with Gasteiger partial charge in [0.15, 0.2) is 0 Å². The van der Waals surface area contributed by atoms with Gasteiger partial charge in [-0.2, -0.15) is 0 Å². The standard InChI is InChI=1S/C8H13N3O/c9-11-4-1-7(2-5-11)8-3-6-12-10-8/h3,6-7H,1-2,4-5,9H2. The molecule has 0 bridgehead atoms. The molecule has 0 spiro atoms. The predicted octanol–water partition coefficient (Wildman–Crippen LogP) is 0.728. The van der Waals surface area contributed by atoms with Gasteiger partial charge in [-0.3, -0.25) is 5.84 Å². The summed E-state index contributed by atoms with van der Waals surface area (Å²) in [5, 5.41) is 5.79. The van der Waals surface area contributed by atoms with Crippen LogP contribution in [0.4, 0.5) is 0 Å². The van der Waals surface area contributed by atoms with E-state index in [9.17, 15) is 0 Å². The molecule has 0 unspecified atom stereocenters. The smallest absolute Gasteiger partial charge is 0.124 e. The summed E-state index contributed by atoms with van der Waals surface area (Å²) in [5.74, 6) is 6.18. The lowest BCUT2D eigenvalue weighted by atomic mass is 9.95. The Kier molecular flexibility index (Phi) is 2.10. The van der Waals surface area contributed by atoms with E-state index in [2.05, 4.69) is 5.16 Å². The number of piperidine rings is 1. The summed E-state index contributed by atoms with van der Waals surface area (Å²) in [4.78, 5) is 0. The van der Waals surface area contributed by atoms with Crippen molar-refractivity contribution in [2.45, 2.75) is 18.8 Å². The van der Waals surface area contributed by atoms with Gasteiger partial charge in [0, 0.05) is 25.1 Å². The number of nitrogens with two attached hydrogens (primary N) is 1. The van der Waals surface area contributed by atoms with Crippen LogP contribution in [0.2, 0.25) is 0 Å². The second-order valence-corrected chi connectivity index (χ2v) is 3.23. The molecule has 1 aliphatic rings. The molecule has 1 saturated heterocycles. The second kappa shape index (κ2) is 3.25. The zero-order valence-corrected chi connectivity index (χ0v) is 6.94. The molecular weight excluding hydrogens is 154 g/mol. The van der Waals surface area contributed by atoms with Crippen molar-refractivity contribution in [2.24, 2.45) is 5.84 Å². The molecule has 4 nitrogen and oxygen atoms in total. The van der Waals surface area contributed by atoms with E-state index in [-0.39, 0.29) is 0 Å². The van der Waals surface area contributed by atoms with Crippen LogP contribution in [0.25, 0.3) is 0 Å². The summed E-state index contributed by atoms with van der Waals surface area (Å²) < 4.78 is 4.80. The Balaban J connectivity index is 1.99. The fourth-order valence-electron chi connectivity index (χ4n) is 1.63. The Morgan fingerprint density at radius 3 is 2.83 bits per heavy atom. The number of nitrogens with zero attached hydrogens (tertiary/aromatic N) is 2. The third kappa shape index (κ3) is 1.49. The SMILES string of the molecule is NN1CCC(c2ccon2)CC1. The number of hydrogen-bond acceptors (Lipinski definition) is 4. The molecule has 0 atom stereocenters. The quantitative estimate of drug-likeness (QED) is 0.626. The lowest BCUT2D eigenvalue weighted by Gasteiger charge is -2.26. The Labute approximate surface area is 71.3 Å². The molecule has 0 amide bonds. The Morgan fingerprint density at radius 1 is 1.50 bits per heavy atom. The first-order chi connectivity index (χ1) is 5.86. The van der Waals surface area contributed by atoms with Crippen molar-refractivity contribution in [3.8, 4) is 0 Å². The fraction of sp³-hybridized carbons (Fsp3) is 0.625. The van der Waals surface area contributed by atoms with E-state index >= 15 is 0 Å². The maximum atomic E-state index is 5.64. The molecule has 1 aromatic heterocycles. The molecule has 0 aromatic carbocycles. The maximum Gasteiger partial charge on any atom is 0.124 e. The lowest BCUT2D eigenvalue weighted by Crippen LogP contribution is -2.38. The van der Waals surface area contributed by atoms with Gasteiger partial charge in [-0.25, -0.2) is 5.01 Å². The van der Waals surface area contributed by atoms with E-state index in [1.54, 1.807) is 6.26 Å². The van der Waals surface area contributed by atoms with E-state index in [4.69, 9.17) is 10.4 Å². The van der Waals surface area contributed by atoms with Gasteiger partial charge < -0.3 is 4.52 Å². The molecule has 0 radical (unpaired) electrons. The Bertz CT molecular complexity index is 226. The highest BCUT2D eigenvalue weighted by molar-refractivity contribution is 5.05. The summed E-state index contributed by atoms with van der Waals surface area (Å²) in [6.45, 7) is 1.91. The summed E-state index contributed by atoms with van der Waals surface area (Å²) >= 11 is 0. The lowest BCUT2D eigenvalue weighted by molar-refractivity contribution is 0.213. The van der Waals surface area contributed by atoms with Gasteiger partial charge in [0.25, 0.3) is 0 Å². The van der Waals surface area contributed by atoms with Gasteiger partial charge in [0.2, 0.25) is 0 Å².